The molecule has 0 aliphatic rings. The fraction of sp³-hybridized carbons (Fsp3) is 0.385. The summed E-state index contributed by atoms with van der Waals surface area (Å²) >= 11 is 0. The maximum absolute atomic E-state index is 11.9. The van der Waals surface area contributed by atoms with E-state index in [0.717, 1.165) is 11.3 Å². The molecule has 0 spiro atoms. The first-order valence-electron chi connectivity index (χ1n) is 5.98. The van der Waals surface area contributed by atoms with Crippen molar-refractivity contribution >= 4 is 17.6 Å². The molecular formula is C13H20N4O. The van der Waals surface area contributed by atoms with Crippen LogP contribution >= 0.6 is 0 Å². The molecule has 5 nitrogen and oxygen atoms in total. The van der Waals surface area contributed by atoms with Gasteiger partial charge in [0.25, 0.3) is 0 Å². The number of nitrogens with two attached hydrogens (primary N) is 1. The van der Waals surface area contributed by atoms with Gasteiger partial charge in [0.1, 0.15) is 0 Å². The first kappa shape index (κ1) is 14.0. The number of urea groups is 1. The zero-order valence-electron chi connectivity index (χ0n) is 10.9. The average Bonchev–Trinajstić information content (AvgIpc) is 2.32. The number of nitrogens with zero attached hydrogens (tertiary/aromatic N) is 1. The molecule has 0 heterocycles. The fourth-order valence-electron chi connectivity index (χ4n) is 1.50. The molecule has 0 fully saturated rings. The van der Waals surface area contributed by atoms with Crippen molar-refractivity contribution in [2.45, 2.75) is 20.3 Å². The molecule has 98 valence electrons. The van der Waals surface area contributed by atoms with Crippen LogP contribution in [0, 0.1) is 12.3 Å². The first-order chi connectivity index (χ1) is 8.52. The van der Waals surface area contributed by atoms with E-state index in [-0.39, 0.29) is 11.9 Å². The minimum atomic E-state index is -0.164. The predicted octanol–water partition coefficient (Wildman–Crippen LogP) is 2.17. The Morgan fingerprint density at radius 2 is 2.00 bits per heavy atom. The molecule has 1 aromatic carbocycles. The highest BCUT2D eigenvalue weighted by Gasteiger charge is 2.11. The Bertz CT molecular complexity index is 414. The van der Waals surface area contributed by atoms with Crippen molar-refractivity contribution in [2.75, 3.05) is 18.4 Å². The van der Waals surface area contributed by atoms with Crippen LogP contribution in [-0.2, 0) is 0 Å². The number of carbonyl (C=O) groups is 1. The van der Waals surface area contributed by atoms with E-state index in [1.165, 1.54) is 0 Å². The Hall–Kier alpha value is -2.04. The lowest BCUT2D eigenvalue weighted by Crippen LogP contribution is -2.37. The zero-order chi connectivity index (χ0) is 13.5. The van der Waals surface area contributed by atoms with Crippen LogP contribution in [0.15, 0.2) is 24.3 Å². The third-order valence-electron chi connectivity index (χ3n) is 2.62. The van der Waals surface area contributed by atoms with Gasteiger partial charge < -0.3 is 16.0 Å². The molecule has 0 saturated heterocycles. The van der Waals surface area contributed by atoms with Crippen molar-refractivity contribution in [1.29, 1.82) is 5.41 Å². The summed E-state index contributed by atoms with van der Waals surface area (Å²) < 4.78 is 0. The van der Waals surface area contributed by atoms with Crippen molar-refractivity contribution < 1.29 is 4.79 Å². The molecule has 0 atom stereocenters. The number of nitrogens with one attached hydrogen (secondary N) is 2. The molecule has 18 heavy (non-hydrogen) atoms. The van der Waals surface area contributed by atoms with E-state index in [1.54, 1.807) is 4.90 Å². The van der Waals surface area contributed by atoms with Crippen LogP contribution in [-0.4, -0.2) is 29.9 Å². The largest absolute Gasteiger partial charge is 0.388 e. The van der Waals surface area contributed by atoms with Crippen molar-refractivity contribution in [2.24, 2.45) is 5.73 Å². The summed E-state index contributed by atoms with van der Waals surface area (Å²) in [5, 5.41) is 9.99. The van der Waals surface area contributed by atoms with Gasteiger partial charge in [-0.05, 0) is 26.0 Å². The van der Waals surface area contributed by atoms with E-state index in [1.807, 2.05) is 38.1 Å². The lowest BCUT2D eigenvalue weighted by Gasteiger charge is -2.21. The molecule has 2 amide bonds. The predicted molar refractivity (Wildman–Crippen MR) is 74.0 cm³/mol. The Labute approximate surface area is 107 Å². The van der Waals surface area contributed by atoms with E-state index in [9.17, 15) is 4.79 Å². The van der Waals surface area contributed by atoms with Gasteiger partial charge in [0, 0.05) is 25.2 Å². The Morgan fingerprint density at radius 1 is 1.39 bits per heavy atom. The summed E-state index contributed by atoms with van der Waals surface area (Å²) in [6.07, 6.45) is 0.398. The summed E-state index contributed by atoms with van der Waals surface area (Å²) in [5.41, 5.74) is 7.21. The van der Waals surface area contributed by atoms with E-state index in [4.69, 9.17) is 11.1 Å². The monoisotopic (exact) mass is 248 g/mol. The van der Waals surface area contributed by atoms with Gasteiger partial charge in [0.15, 0.2) is 0 Å². The summed E-state index contributed by atoms with van der Waals surface area (Å²) in [4.78, 5) is 13.6. The van der Waals surface area contributed by atoms with Crippen molar-refractivity contribution in [3.63, 3.8) is 0 Å². The minimum absolute atomic E-state index is 0.0941. The molecule has 0 saturated carbocycles. The third-order valence-corrected chi connectivity index (χ3v) is 2.62. The Balaban J connectivity index is 2.56. The van der Waals surface area contributed by atoms with Gasteiger partial charge >= 0.3 is 6.03 Å². The normalized spacial score (nSPS) is 9.89. The minimum Gasteiger partial charge on any atom is -0.388 e. The zero-order valence-corrected chi connectivity index (χ0v) is 10.9. The van der Waals surface area contributed by atoms with Gasteiger partial charge in [-0.2, -0.15) is 0 Å². The molecule has 0 aromatic heterocycles. The van der Waals surface area contributed by atoms with E-state index >= 15 is 0 Å². The van der Waals surface area contributed by atoms with Crippen LogP contribution in [0.5, 0.6) is 0 Å². The summed E-state index contributed by atoms with van der Waals surface area (Å²) in [7, 11) is 0. The average molecular weight is 248 g/mol. The second-order valence-electron chi connectivity index (χ2n) is 4.15. The molecule has 1 rings (SSSR count). The standard InChI is InChI=1S/C13H20N4O/c1-3-17(9-8-12(14)15)13(18)16-11-6-4-10(2)5-7-11/h4-7H,3,8-9H2,1-2H3,(H3,14,15)(H,16,18). The van der Waals surface area contributed by atoms with Crippen LogP contribution < -0.4 is 11.1 Å². The van der Waals surface area contributed by atoms with E-state index < -0.39 is 0 Å². The maximum Gasteiger partial charge on any atom is 0.321 e. The smallest absolute Gasteiger partial charge is 0.321 e. The topological polar surface area (TPSA) is 82.2 Å². The first-order valence-corrected chi connectivity index (χ1v) is 5.98. The number of benzene rings is 1. The molecule has 5 heteroatoms. The number of amidine groups is 1. The molecule has 0 aliphatic carbocycles. The van der Waals surface area contributed by atoms with Crippen LogP contribution in [0.1, 0.15) is 18.9 Å². The summed E-state index contributed by atoms with van der Waals surface area (Å²) in [5.74, 6) is 0.0941. The number of amides is 2. The molecule has 0 bridgehead atoms. The molecule has 0 unspecified atom stereocenters. The van der Waals surface area contributed by atoms with Gasteiger partial charge in [-0.3, -0.25) is 5.41 Å². The second-order valence-corrected chi connectivity index (χ2v) is 4.15. The van der Waals surface area contributed by atoms with E-state index in [0.29, 0.717) is 19.5 Å². The number of aryl methyl sites for hydroxylation is 1. The molecule has 4 N–H and O–H groups in total. The van der Waals surface area contributed by atoms with E-state index in [2.05, 4.69) is 5.32 Å². The van der Waals surface area contributed by atoms with Gasteiger partial charge in [-0.15, -0.1) is 0 Å². The number of hydrogen-bond donors (Lipinski definition) is 3. The number of hydrogen-bond acceptors (Lipinski definition) is 2. The quantitative estimate of drug-likeness (QED) is 0.551. The van der Waals surface area contributed by atoms with Crippen LogP contribution in [0.4, 0.5) is 10.5 Å². The lowest BCUT2D eigenvalue weighted by atomic mass is 10.2. The highest BCUT2D eigenvalue weighted by molar-refractivity contribution is 5.89. The molecule has 0 aliphatic heterocycles. The van der Waals surface area contributed by atoms with Crippen molar-refractivity contribution in [1.82, 2.24) is 4.90 Å². The third kappa shape index (κ3) is 4.45. The SMILES string of the molecule is CCN(CCC(=N)N)C(=O)Nc1ccc(C)cc1. The highest BCUT2D eigenvalue weighted by Crippen LogP contribution is 2.09. The highest BCUT2D eigenvalue weighted by atomic mass is 16.2. The van der Waals surface area contributed by atoms with Crippen LogP contribution in [0.2, 0.25) is 0 Å². The van der Waals surface area contributed by atoms with Crippen molar-refractivity contribution in [3.8, 4) is 0 Å². The van der Waals surface area contributed by atoms with Crippen molar-refractivity contribution in [3.05, 3.63) is 29.8 Å². The number of carbonyl (C=O) groups excluding carboxylic acids is 1. The van der Waals surface area contributed by atoms with Gasteiger partial charge in [-0.1, -0.05) is 17.7 Å². The second kappa shape index (κ2) is 6.64. The molecular weight excluding hydrogens is 228 g/mol. The van der Waals surface area contributed by atoms with Gasteiger partial charge in [-0.25, -0.2) is 4.79 Å². The maximum atomic E-state index is 11.9. The lowest BCUT2D eigenvalue weighted by molar-refractivity contribution is 0.216. The Morgan fingerprint density at radius 3 is 2.50 bits per heavy atom. The molecule has 0 radical (unpaired) electrons. The van der Waals surface area contributed by atoms with Crippen LogP contribution in [0.3, 0.4) is 0 Å². The molecule has 1 aromatic rings. The van der Waals surface area contributed by atoms with Gasteiger partial charge in [0.2, 0.25) is 0 Å². The van der Waals surface area contributed by atoms with Gasteiger partial charge in [0.05, 0.1) is 5.84 Å². The number of rotatable bonds is 5. The number of anilines is 1. The van der Waals surface area contributed by atoms with Crippen LogP contribution in [0.25, 0.3) is 0 Å². The summed E-state index contributed by atoms with van der Waals surface area (Å²) in [6.45, 7) is 4.94. The fourth-order valence-corrected chi connectivity index (χ4v) is 1.50. The summed E-state index contributed by atoms with van der Waals surface area (Å²) in [6, 6.07) is 7.46. The Kier molecular flexibility index (Phi) is 5.17.